The third kappa shape index (κ3) is 7.60. The van der Waals surface area contributed by atoms with Gasteiger partial charge in [-0.05, 0) is 99.5 Å². The van der Waals surface area contributed by atoms with E-state index in [4.69, 9.17) is 40.8 Å². The first-order chi connectivity index (χ1) is 35.3. The zero-order valence-electron chi connectivity index (χ0n) is 41.2. The summed E-state index contributed by atoms with van der Waals surface area (Å²) < 4.78 is 19.7. The molecule has 374 valence electrons. The number of likely N-dealkylation sites (tertiary alicyclic amines) is 1. The first kappa shape index (κ1) is 47.0. The van der Waals surface area contributed by atoms with Gasteiger partial charge in [-0.3, -0.25) is 9.59 Å². The summed E-state index contributed by atoms with van der Waals surface area (Å²) in [7, 11) is 2.12. The van der Waals surface area contributed by atoms with Crippen molar-refractivity contribution in [1.82, 2.24) is 29.3 Å². The summed E-state index contributed by atoms with van der Waals surface area (Å²) in [6.45, 7) is 12.0. The minimum atomic E-state index is -1.92. The van der Waals surface area contributed by atoms with Gasteiger partial charge in [0.15, 0.2) is 5.60 Å². The number of nitriles is 1. The molecule has 3 fully saturated rings. The largest absolute Gasteiger partial charge is 0.489 e. The van der Waals surface area contributed by atoms with Gasteiger partial charge in [-0.2, -0.15) is 15.2 Å². The fourth-order valence-corrected chi connectivity index (χ4v) is 12.5. The highest BCUT2D eigenvalue weighted by atomic mass is 35.5. The second kappa shape index (κ2) is 17.9. The van der Waals surface area contributed by atoms with Crippen LogP contribution in [0.1, 0.15) is 73.0 Å². The van der Waals surface area contributed by atoms with E-state index in [0.717, 1.165) is 76.0 Å². The van der Waals surface area contributed by atoms with Gasteiger partial charge in [-0.1, -0.05) is 56.3 Å². The topological polar surface area (TPSA) is 179 Å². The molecule has 6 aromatic rings. The second-order valence-corrected chi connectivity index (χ2v) is 20.8. The van der Waals surface area contributed by atoms with Crippen molar-refractivity contribution in [2.24, 2.45) is 5.92 Å². The maximum Gasteiger partial charge on any atom is 0.343 e. The van der Waals surface area contributed by atoms with Gasteiger partial charge in [0.05, 0.1) is 63.8 Å². The van der Waals surface area contributed by atoms with Crippen LogP contribution in [0.3, 0.4) is 0 Å². The summed E-state index contributed by atoms with van der Waals surface area (Å²) in [6, 6.07) is 22.6. The Morgan fingerprint density at radius 2 is 1.82 bits per heavy atom. The highest BCUT2D eigenvalue weighted by Gasteiger charge is 2.63. The van der Waals surface area contributed by atoms with Crippen LogP contribution in [-0.4, -0.2) is 111 Å². The van der Waals surface area contributed by atoms with Crippen LogP contribution in [0, 0.1) is 17.2 Å². The van der Waals surface area contributed by atoms with Crippen LogP contribution in [0.25, 0.3) is 33.1 Å². The van der Waals surface area contributed by atoms with Gasteiger partial charge >= 0.3 is 12.0 Å². The minimum Gasteiger partial charge on any atom is -0.489 e. The number of benzene rings is 3. The number of esters is 1. The number of pyridine rings is 2. The molecule has 1 N–H and O–H groups in total. The summed E-state index contributed by atoms with van der Waals surface area (Å²) in [5, 5.41) is 25.4. The number of anilines is 2. The maximum atomic E-state index is 14.5. The number of amides is 1. The Balaban J connectivity index is 0.782. The summed E-state index contributed by atoms with van der Waals surface area (Å²) >= 11 is 6.82. The molecule has 5 aliphatic heterocycles. The molecular formula is C56H56ClN9O7. The van der Waals surface area contributed by atoms with Crippen molar-refractivity contribution in [2.75, 3.05) is 62.8 Å². The van der Waals surface area contributed by atoms with Crippen LogP contribution in [0.4, 0.5) is 11.5 Å². The molecule has 12 rings (SSSR count). The van der Waals surface area contributed by atoms with E-state index in [0.29, 0.717) is 85.7 Å². The monoisotopic (exact) mass is 1000 g/mol. The number of aryl methyl sites for hydroxylation is 1. The number of nitrogens with zero attached hydrogens (tertiary/aromatic N) is 9. The maximum absolute atomic E-state index is 14.5. The fourth-order valence-electron chi connectivity index (χ4n) is 12.2. The van der Waals surface area contributed by atoms with Crippen molar-refractivity contribution in [1.29, 1.82) is 5.26 Å². The predicted molar refractivity (Wildman–Crippen MR) is 276 cm³/mol. The zero-order chi connectivity index (χ0) is 50.5. The summed E-state index contributed by atoms with van der Waals surface area (Å²) in [4.78, 5) is 65.0. The summed E-state index contributed by atoms with van der Waals surface area (Å²) in [6.07, 6.45) is 4.08. The highest BCUT2D eigenvalue weighted by Crippen LogP contribution is 2.52. The molecule has 8 heterocycles. The van der Waals surface area contributed by atoms with Crippen LogP contribution >= 0.6 is 11.6 Å². The average molecular weight is 1000 g/mol. The van der Waals surface area contributed by atoms with E-state index in [9.17, 15) is 24.8 Å². The normalized spacial score (nSPS) is 23.0. The van der Waals surface area contributed by atoms with E-state index in [-0.39, 0.29) is 66.3 Å². The number of carbonyl (C=O) groups excluding carboxylic acids is 2. The number of cyclic esters (lactones) is 1. The van der Waals surface area contributed by atoms with E-state index in [2.05, 4.69) is 58.7 Å². The van der Waals surface area contributed by atoms with Gasteiger partial charge in [0.1, 0.15) is 31.4 Å². The number of likely N-dealkylation sites (N-methyl/N-ethyl adjacent to an activating group) is 1. The minimum absolute atomic E-state index is 0.0602. The SMILES string of the molecule is C=C(COc1ccc2nc3c(c(CC)c2c1)Cn1c-3cc2c(c1=O)COC(=O)[C@]2(O)CC)C(=O)N1CCN(c2nc(OC[C@@H]3CCCN3C)nc3c2CCN(c2cccc4cccc(Cl)c24)C3)CC12CC2C#N. The lowest BCUT2D eigenvalue weighted by atomic mass is 9.86. The van der Waals surface area contributed by atoms with E-state index in [1.54, 1.807) is 23.6 Å². The van der Waals surface area contributed by atoms with Crippen LogP contribution in [-0.2, 0) is 52.5 Å². The van der Waals surface area contributed by atoms with Crippen molar-refractivity contribution in [3.63, 3.8) is 0 Å². The standard InChI is InChI=1S/C56H56ClN9O7/c1-5-37-39-22-36(15-16-44(39)59-49-40(37)26-65-47(49)23-42-41(52(65)68)30-72-53(69)56(42,70)6-2)71-28-32(3)51(67)66-21-20-64(31-55(66)24-34(55)25-58)50-38-17-19-63(46-14-8-11-33-10-7-13-43(57)48(33)46)27-45(38)60-54(61-50)73-29-35-12-9-18-62(35)4/h7-8,10-11,13-16,22-23,34-35,70H,3,5-6,9,12,17-21,24,26-31H2,1-2,4H3/t34?,35-,55?,56-/m0/s1. The van der Waals surface area contributed by atoms with Crippen molar-refractivity contribution in [3.8, 4) is 29.2 Å². The van der Waals surface area contributed by atoms with Crippen molar-refractivity contribution in [3.05, 3.63) is 122 Å². The number of hydrogen-bond donors (Lipinski definition) is 1. The number of fused-ring (bicyclic) bond motifs is 7. The van der Waals surface area contributed by atoms with E-state index in [1.165, 1.54) is 0 Å². The summed E-state index contributed by atoms with van der Waals surface area (Å²) in [5.74, 6) is -0.0624. The molecule has 4 atom stereocenters. The first-order valence-electron chi connectivity index (χ1n) is 25.4. The molecule has 73 heavy (non-hydrogen) atoms. The van der Waals surface area contributed by atoms with Gasteiger partial charge in [0.25, 0.3) is 11.5 Å². The Bertz CT molecular complexity index is 3440. The number of hydrogen-bond acceptors (Lipinski definition) is 14. The molecule has 1 saturated carbocycles. The van der Waals surface area contributed by atoms with Gasteiger partial charge in [0, 0.05) is 70.9 Å². The number of halogens is 1. The molecule has 0 radical (unpaired) electrons. The molecule has 1 aliphatic carbocycles. The Hall–Kier alpha value is -7.06. The highest BCUT2D eigenvalue weighted by molar-refractivity contribution is 6.36. The third-order valence-corrected chi connectivity index (χ3v) is 16.8. The average Bonchev–Trinajstić information content (AvgIpc) is 3.70. The molecule has 1 spiro atoms. The number of rotatable bonds is 11. The van der Waals surface area contributed by atoms with Crippen molar-refractivity contribution >= 4 is 56.7 Å². The number of ether oxygens (including phenoxy) is 3. The lowest BCUT2D eigenvalue weighted by Gasteiger charge is -2.44. The number of aromatic nitrogens is 4. The van der Waals surface area contributed by atoms with Crippen LogP contribution in [0.2, 0.25) is 5.02 Å². The smallest absolute Gasteiger partial charge is 0.343 e. The molecule has 2 unspecified atom stereocenters. The Morgan fingerprint density at radius 3 is 2.59 bits per heavy atom. The predicted octanol–water partition coefficient (Wildman–Crippen LogP) is 6.84. The molecule has 16 nitrogen and oxygen atoms in total. The van der Waals surface area contributed by atoms with Gasteiger partial charge in [-0.15, -0.1) is 0 Å². The Kier molecular flexibility index (Phi) is 11.5. The van der Waals surface area contributed by atoms with E-state index in [1.807, 2.05) is 36.1 Å². The molecule has 6 aliphatic rings. The zero-order valence-corrected chi connectivity index (χ0v) is 42.0. The van der Waals surface area contributed by atoms with Gasteiger partial charge in [0.2, 0.25) is 0 Å². The van der Waals surface area contributed by atoms with Crippen LogP contribution in [0.5, 0.6) is 11.8 Å². The second-order valence-electron chi connectivity index (χ2n) is 20.4. The molecule has 17 heteroatoms. The lowest BCUT2D eigenvalue weighted by molar-refractivity contribution is -0.172. The van der Waals surface area contributed by atoms with E-state index < -0.39 is 17.1 Å². The lowest BCUT2D eigenvalue weighted by Crippen LogP contribution is -2.59. The third-order valence-electron chi connectivity index (χ3n) is 16.5. The van der Waals surface area contributed by atoms with E-state index >= 15 is 0 Å². The van der Waals surface area contributed by atoms with Gasteiger partial charge < -0.3 is 43.5 Å². The quantitative estimate of drug-likeness (QED) is 0.105. The molecule has 3 aromatic carbocycles. The molecule has 3 aromatic heterocycles. The molecule has 1 amide bonds. The molecular weight excluding hydrogens is 946 g/mol. The molecule has 0 bridgehead atoms. The Labute approximate surface area is 427 Å². The Morgan fingerprint density at radius 1 is 0.986 bits per heavy atom. The van der Waals surface area contributed by atoms with Crippen LogP contribution < -0.4 is 24.8 Å². The number of piperazine rings is 1. The molecule has 2 saturated heterocycles. The van der Waals surface area contributed by atoms with Crippen molar-refractivity contribution in [2.45, 2.75) is 89.3 Å². The number of carbonyl (C=O) groups is 2. The summed E-state index contributed by atoms with van der Waals surface area (Å²) in [5.41, 5.74) is 4.59. The first-order valence-corrected chi connectivity index (χ1v) is 25.8. The van der Waals surface area contributed by atoms with Crippen molar-refractivity contribution < 1.29 is 28.9 Å². The fraction of sp³-hybridized carbons (Fsp3) is 0.411. The van der Waals surface area contributed by atoms with Crippen LogP contribution in [0.15, 0.2) is 77.6 Å². The van der Waals surface area contributed by atoms with Gasteiger partial charge in [-0.25, -0.2) is 9.78 Å². The number of aliphatic hydroxyl groups is 1.